The molecule has 0 unspecified atom stereocenters. The van der Waals surface area contributed by atoms with Crippen molar-refractivity contribution in [1.82, 2.24) is 0 Å². The van der Waals surface area contributed by atoms with Crippen LogP contribution in [0.1, 0.15) is 27.0 Å². The first kappa shape index (κ1) is 21.4. The molecule has 2 N–H and O–H groups in total. The zero-order chi connectivity index (χ0) is 21.8. The number of carbonyl (C=O) groups excluding carboxylic acids is 1. The summed E-state index contributed by atoms with van der Waals surface area (Å²) in [7, 11) is 0. The molecule has 3 rings (SSSR count). The maximum Gasteiger partial charge on any atom is 0.337 e. The summed E-state index contributed by atoms with van der Waals surface area (Å²) in [4.78, 5) is 23.7. The van der Waals surface area contributed by atoms with Gasteiger partial charge in [0.1, 0.15) is 5.75 Å². The number of ether oxygens (including phenoxy) is 1. The van der Waals surface area contributed by atoms with Crippen molar-refractivity contribution in [3.05, 3.63) is 81.9 Å². The van der Waals surface area contributed by atoms with E-state index in [0.717, 1.165) is 11.1 Å². The second-order valence-corrected chi connectivity index (χ2v) is 7.62. The van der Waals surface area contributed by atoms with Crippen molar-refractivity contribution in [2.24, 2.45) is 0 Å². The number of carboxylic acids is 1. The van der Waals surface area contributed by atoms with Gasteiger partial charge < -0.3 is 15.2 Å². The highest BCUT2D eigenvalue weighted by Gasteiger charge is 2.16. The van der Waals surface area contributed by atoms with Crippen LogP contribution in [0.3, 0.4) is 0 Å². The van der Waals surface area contributed by atoms with Crippen LogP contribution in [0.15, 0.2) is 54.6 Å². The fraction of sp³-hybridized carbons (Fsp3) is 0.167. The number of halogens is 1. The molecule has 0 heterocycles. The van der Waals surface area contributed by atoms with Crippen molar-refractivity contribution in [3.63, 3.8) is 0 Å². The average molecular weight is 424 g/mol. The summed E-state index contributed by atoms with van der Waals surface area (Å²) in [6, 6.07) is 16.7. The average Bonchev–Trinajstić information content (AvgIpc) is 2.67. The lowest BCUT2D eigenvalue weighted by Crippen LogP contribution is -2.22. The van der Waals surface area contributed by atoms with Crippen molar-refractivity contribution in [3.8, 4) is 16.9 Å². The second-order valence-electron chi connectivity index (χ2n) is 7.19. The van der Waals surface area contributed by atoms with E-state index in [9.17, 15) is 14.7 Å². The number of anilines is 1. The molecule has 0 aliphatic rings. The Kier molecular flexibility index (Phi) is 6.43. The lowest BCUT2D eigenvalue weighted by molar-refractivity contribution is -0.118. The van der Waals surface area contributed by atoms with Gasteiger partial charge in [-0.05, 0) is 61.7 Å². The van der Waals surface area contributed by atoms with Crippen LogP contribution >= 0.6 is 11.6 Å². The van der Waals surface area contributed by atoms with Crippen LogP contribution in [0.4, 0.5) is 5.69 Å². The van der Waals surface area contributed by atoms with Gasteiger partial charge in [-0.1, -0.05) is 53.1 Å². The maximum absolute atomic E-state index is 12.3. The minimum atomic E-state index is -1.17. The number of aryl methyl sites for hydroxylation is 3. The molecule has 0 saturated carbocycles. The molecule has 5 nitrogen and oxygen atoms in total. The number of nitrogens with one attached hydrogen (secondary N) is 1. The summed E-state index contributed by atoms with van der Waals surface area (Å²) in [5.74, 6) is -1.08. The summed E-state index contributed by atoms with van der Waals surface area (Å²) in [6.07, 6.45) is 0. The first-order valence-electron chi connectivity index (χ1n) is 9.38. The van der Waals surface area contributed by atoms with E-state index < -0.39 is 11.9 Å². The fourth-order valence-corrected chi connectivity index (χ4v) is 3.56. The van der Waals surface area contributed by atoms with Gasteiger partial charge in [0.05, 0.1) is 11.3 Å². The monoisotopic (exact) mass is 423 g/mol. The number of benzene rings is 3. The van der Waals surface area contributed by atoms with Gasteiger partial charge in [-0.2, -0.15) is 0 Å². The molecule has 0 bridgehead atoms. The molecule has 0 aliphatic carbocycles. The third-order valence-electron chi connectivity index (χ3n) is 4.57. The fourth-order valence-electron chi connectivity index (χ4n) is 3.29. The van der Waals surface area contributed by atoms with Crippen molar-refractivity contribution < 1.29 is 19.4 Å². The summed E-state index contributed by atoms with van der Waals surface area (Å²) in [5.41, 5.74) is 5.28. The number of hydrogen-bond donors (Lipinski definition) is 2. The normalized spacial score (nSPS) is 10.5. The molecular weight excluding hydrogens is 402 g/mol. The largest absolute Gasteiger partial charge is 0.484 e. The van der Waals surface area contributed by atoms with Crippen LogP contribution < -0.4 is 10.1 Å². The predicted octanol–water partition coefficient (Wildman–Crippen LogP) is 5.65. The number of carboxylic acid groups (broad SMARTS) is 1. The van der Waals surface area contributed by atoms with E-state index in [4.69, 9.17) is 16.3 Å². The Morgan fingerprint density at radius 2 is 1.57 bits per heavy atom. The number of aromatic carboxylic acids is 1. The molecule has 30 heavy (non-hydrogen) atoms. The Balaban J connectivity index is 1.66. The number of hydrogen-bond acceptors (Lipinski definition) is 3. The Bertz CT molecular complexity index is 1090. The van der Waals surface area contributed by atoms with E-state index in [1.165, 1.54) is 17.2 Å². The minimum absolute atomic E-state index is 0.0637. The van der Waals surface area contributed by atoms with E-state index in [0.29, 0.717) is 16.3 Å². The highest BCUT2D eigenvalue weighted by atomic mass is 35.5. The van der Waals surface area contributed by atoms with Gasteiger partial charge in [0.2, 0.25) is 0 Å². The van der Waals surface area contributed by atoms with Gasteiger partial charge in [0, 0.05) is 5.02 Å². The smallest absolute Gasteiger partial charge is 0.337 e. The number of rotatable bonds is 6. The molecular formula is C24H22ClNO4. The van der Waals surface area contributed by atoms with E-state index in [1.54, 1.807) is 25.1 Å². The van der Waals surface area contributed by atoms with Crippen LogP contribution in [0.25, 0.3) is 11.1 Å². The molecule has 6 heteroatoms. The van der Waals surface area contributed by atoms with Gasteiger partial charge in [0.15, 0.2) is 6.61 Å². The Labute approximate surface area is 180 Å². The molecule has 154 valence electrons. The van der Waals surface area contributed by atoms with Crippen molar-refractivity contribution >= 4 is 29.2 Å². The molecule has 0 spiro atoms. The lowest BCUT2D eigenvalue weighted by Gasteiger charge is -2.13. The number of amides is 1. The lowest BCUT2D eigenvalue weighted by atomic mass is 10.0. The molecule has 0 fully saturated rings. The van der Waals surface area contributed by atoms with E-state index in [-0.39, 0.29) is 17.9 Å². The quantitative estimate of drug-likeness (QED) is 0.537. The third kappa shape index (κ3) is 5.19. The zero-order valence-electron chi connectivity index (χ0n) is 17.0. The summed E-state index contributed by atoms with van der Waals surface area (Å²) >= 11 is 5.92. The minimum Gasteiger partial charge on any atom is -0.484 e. The van der Waals surface area contributed by atoms with Gasteiger partial charge in [-0.25, -0.2) is 4.79 Å². The second kappa shape index (κ2) is 9.01. The van der Waals surface area contributed by atoms with Gasteiger partial charge >= 0.3 is 5.97 Å². The molecule has 3 aromatic carbocycles. The van der Waals surface area contributed by atoms with E-state index >= 15 is 0 Å². The summed E-state index contributed by atoms with van der Waals surface area (Å²) < 4.78 is 5.56. The molecule has 0 aliphatic heterocycles. The van der Waals surface area contributed by atoms with Gasteiger partial charge in [-0.3, -0.25) is 4.79 Å². The van der Waals surface area contributed by atoms with Crippen molar-refractivity contribution in [2.45, 2.75) is 20.8 Å². The van der Waals surface area contributed by atoms with Gasteiger partial charge in [-0.15, -0.1) is 0 Å². The topological polar surface area (TPSA) is 75.6 Å². The highest BCUT2D eigenvalue weighted by Crippen LogP contribution is 2.26. The van der Waals surface area contributed by atoms with Crippen molar-refractivity contribution in [1.29, 1.82) is 0 Å². The molecule has 0 saturated heterocycles. The maximum atomic E-state index is 12.3. The molecule has 1 amide bonds. The van der Waals surface area contributed by atoms with Crippen LogP contribution in [0.2, 0.25) is 5.02 Å². The summed E-state index contributed by atoms with van der Waals surface area (Å²) in [5, 5.41) is 12.2. The Morgan fingerprint density at radius 3 is 2.17 bits per heavy atom. The molecule has 0 atom stereocenters. The zero-order valence-corrected chi connectivity index (χ0v) is 17.7. The Hall–Kier alpha value is -3.31. The summed E-state index contributed by atoms with van der Waals surface area (Å²) in [6.45, 7) is 5.56. The van der Waals surface area contributed by atoms with E-state index in [2.05, 4.69) is 37.4 Å². The number of carbonyl (C=O) groups is 2. The Morgan fingerprint density at radius 1 is 0.933 bits per heavy atom. The highest BCUT2D eigenvalue weighted by molar-refractivity contribution is 6.31. The third-order valence-corrected chi connectivity index (χ3v) is 4.79. The van der Waals surface area contributed by atoms with E-state index in [1.807, 2.05) is 12.1 Å². The van der Waals surface area contributed by atoms with Gasteiger partial charge in [0.25, 0.3) is 5.91 Å². The predicted molar refractivity (Wildman–Crippen MR) is 119 cm³/mol. The SMILES string of the molecule is Cc1cc(C)cc(-c2ccc(OCC(=O)Nc3c(C)cc(Cl)cc3C(=O)O)cc2)c1. The van der Waals surface area contributed by atoms with Crippen molar-refractivity contribution in [2.75, 3.05) is 11.9 Å². The first-order chi connectivity index (χ1) is 14.2. The van der Waals surface area contributed by atoms with Crippen LogP contribution in [0, 0.1) is 20.8 Å². The first-order valence-corrected chi connectivity index (χ1v) is 9.75. The van der Waals surface area contributed by atoms with Crippen LogP contribution in [-0.2, 0) is 4.79 Å². The molecule has 0 aromatic heterocycles. The molecule has 3 aromatic rings. The molecule has 0 radical (unpaired) electrons. The van der Waals surface area contributed by atoms with Crippen LogP contribution in [-0.4, -0.2) is 23.6 Å². The standard InChI is InChI=1S/C24H22ClNO4/c1-14-8-15(2)10-18(9-14)17-4-6-20(7-5-17)30-13-22(27)26-23-16(3)11-19(25)12-21(23)24(28)29/h4-12H,13H2,1-3H3,(H,26,27)(H,28,29). The van der Waals surface area contributed by atoms with Crippen LogP contribution in [0.5, 0.6) is 5.75 Å².